The van der Waals surface area contributed by atoms with Crippen LogP contribution in [0.5, 0.6) is 0 Å². The predicted molar refractivity (Wildman–Crippen MR) is 77.0 cm³/mol. The number of rotatable bonds is 8. The number of benzene rings is 1. The largest absolute Gasteiger partial charge is 0.469 e. The first-order chi connectivity index (χ1) is 10.0. The van der Waals surface area contributed by atoms with Crippen molar-refractivity contribution in [3.63, 3.8) is 0 Å². The minimum absolute atomic E-state index is 0.154. The average molecular weight is 296 g/mol. The van der Waals surface area contributed by atoms with Gasteiger partial charge in [0.2, 0.25) is 5.91 Å². The molecule has 0 radical (unpaired) electrons. The van der Waals surface area contributed by atoms with Crippen molar-refractivity contribution in [1.82, 2.24) is 10.2 Å². The Morgan fingerprint density at radius 1 is 1.33 bits per heavy atom. The molecule has 0 spiro atoms. The van der Waals surface area contributed by atoms with Crippen LogP contribution in [0.3, 0.4) is 0 Å². The van der Waals surface area contributed by atoms with Crippen molar-refractivity contribution in [2.24, 2.45) is 0 Å². The highest BCUT2D eigenvalue weighted by Gasteiger charge is 2.09. The standard InChI is InChI=1S/C15H21FN2O3/c1-18(10-12-6-3-4-7-13(12)16)11-14(19)17-9-5-8-15(20)21-2/h3-4,6-7H,5,8-11H2,1-2H3,(H,17,19). The van der Waals surface area contributed by atoms with Crippen LogP contribution in [0.15, 0.2) is 24.3 Å². The zero-order valence-electron chi connectivity index (χ0n) is 12.4. The van der Waals surface area contributed by atoms with Crippen molar-refractivity contribution in [3.8, 4) is 0 Å². The first-order valence-electron chi connectivity index (χ1n) is 6.78. The lowest BCUT2D eigenvalue weighted by molar-refractivity contribution is -0.140. The van der Waals surface area contributed by atoms with Crippen molar-refractivity contribution in [2.75, 3.05) is 27.2 Å². The van der Waals surface area contributed by atoms with Gasteiger partial charge in [-0.15, -0.1) is 0 Å². The predicted octanol–water partition coefficient (Wildman–Crippen LogP) is 1.33. The molecule has 0 unspecified atom stereocenters. The van der Waals surface area contributed by atoms with Crippen molar-refractivity contribution >= 4 is 11.9 Å². The molecular formula is C15H21FN2O3. The number of nitrogens with zero attached hydrogens (tertiary/aromatic N) is 1. The van der Waals surface area contributed by atoms with Crippen LogP contribution in [0.1, 0.15) is 18.4 Å². The Hall–Kier alpha value is -1.95. The molecule has 0 fully saturated rings. The fraction of sp³-hybridized carbons (Fsp3) is 0.467. The molecule has 1 N–H and O–H groups in total. The molecule has 0 heterocycles. The second-order valence-electron chi connectivity index (χ2n) is 4.79. The summed E-state index contributed by atoms with van der Waals surface area (Å²) in [6, 6.07) is 6.49. The third-order valence-electron chi connectivity index (χ3n) is 2.92. The van der Waals surface area contributed by atoms with Crippen LogP contribution >= 0.6 is 0 Å². The molecule has 0 aromatic heterocycles. The van der Waals surface area contributed by atoms with E-state index < -0.39 is 0 Å². The third kappa shape index (κ3) is 6.85. The molecule has 0 aliphatic rings. The summed E-state index contributed by atoms with van der Waals surface area (Å²) in [5.41, 5.74) is 0.554. The molecule has 1 amide bonds. The van der Waals surface area contributed by atoms with Crippen LogP contribution in [0.4, 0.5) is 4.39 Å². The van der Waals surface area contributed by atoms with Gasteiger partial charge in [-0.3, -0.25) is 14.5 Å². The summed E-state index contributed by atoms with van der Waals surface area (Å²) in [6.07, 6.45) is 0.817. The second-order valence-corrected chi connectivity index (χ2v) is 4.79. The molecule has 0 aliphatic carbocycles. The van der Waals surface area contributed by atoms with Crippen LogP contribution in [0.2, 0.25) is 0 Å². The van der Waals surface area contributed by atoms with E-state index in [-0.39, 0.29) is 30.7 Å². The van der Waals surface area contributed by atoms with E-state index in [1.54, 1.807) is 30.1 Å². The summed E-state index contributed by atoms with van der Waals surface area (Å²) in [7, 11) is 3.08. The van der Waals surface area contributed by atoms with Crippen LogP contribution < -0.4 is 5.32 Å². The zero-order valence-corrected chi connectivity index (χ0v) is 12.4. The SMILES string of the molecule is COC(=O)CCCNC(=O)CN(C)Cc1ccccc1F. The van der Waals surface area contributed by atoms with Crippen molar-refractivity contribution < 1.29 is 18.7 Å². The monoisotopic (exact) mass is 296 g/mol. The fourth-order valence-electron chi connectivity index (χ4n) is 1.84. The zero-order chi connectivity index (χ0) is 15.7. The van der Waals surface area contributed by atoms with Crippen LogP contribution in [0.25, 0.3) is 0 Å². The fourth-order valence-corrected chi connectivity index (χ4v) is 1.84. The molecule has 0 atom stereocenters. The lowest BCUT2D eigenvalue weighted by Gasteiger charge is -2.16. The maximum Gasteiger partial charge on any atom is 0.305 e. The number of hydrogen-bond donors (Lipinski definition) is 1. The lowest BCUT2D eigenvalue weighted by atomic mass is 10.2. The van der Waals surface area contributed by atoms with Crippen molar-refractivity contribution in [3.05, 3.63) is 35.6 Å². The molecule has 1 aromatic rings. The van der Waals surface area contributed by atoms with Gasteiger partial charge in [0.25, 0.3) is 0 Å². The molecular weight excluding hydrogens is 275 g/mol. The molecule has 116 valence electrons. The normalized spacial score (nSPS) is 10.5. The van der Waals surface area contributed by atoms with Gasteiger partial charge in [-0.05, 0) is 19.5 Å². The smallest absolute Gasteiger partial charge is 0.305 e. The molecule has 0 bridgehead atoms. The van der Waals surface area contributed by atoms with Gasteiger partial charge in [0, 0.05) is 25.1 Å². The van der Waals surface area contributed by atoms with Gasteiger partial charge in [-0.25, -0.2) is 4.39 Å². The van der Waals surface area contributed by atoms with Gasteiger partial charge < -0.3 is 10.1 Å². The molecule has 0 aliphatic heterocycles. The Morgan fingerprint density at radius 2 is 2.05 bits per heavy atom. The first-order valence-corrected chi connectivity index (χ1v) is 6.78. The highest BCUT2D eigenvalue weighted by Crippen LogP contribution is 2.08. The van der Waals surface area contributed by atoms with Gasteiger partial charge in [0.15, 0.2) is 0 Å². The van der Waals surface area contributed by atoms with Crippen LogP contribution in [-0.4, -0.2) is 44.0 Å². The summed E-state index contributed by atoms with van der Waals surface area (Å²) in [5.74, 6) is -0.720. The van der Waals surface area contributed by atoms with Crippen LogP contribution in [0, 0.1) is 5.82 Å². The Labute approximate surface area is 124 Å². The molecule has 0 saturated heterocycles. The quantitative estimate of drug-likeness (QED) is 0.581. The van der Waals surface area contributed by atoms with Crippen LogP contribution in [-0.2, 0) is 20.9 Å². The van der Waals surface area contributed by atoms with E-state index in [4.69, 9.17) is 0 Å². The van der Waals surface area contributed by atoms with Crippen molar-refractivity contribution in [1.29, 1.82) is 0 Å². The van der Waals surface area contributed by atoms with Gasteiger partial charge in [-0.1, -0.05) is 18.2 Å². The minimum Gasteiger partial charge on any atom is -0.469 e. The number of methoxy groups -OCH3 is 1. The van der Waals surface area contributed by atoms with E-state index >= 15 is 0 Å². The van der Waals surface area contributed by atoms with E-state index in [0.29, 0.717) is 25.1 Å². The summed E-state index contributed by atoms with van der Waals surface area (Å²) < 4.78 is 18.0. The number of carbonyl (C=O) groups excluding carboxylic acids is 2. The number of carbonyl (C=O) groups is 2. The number of hydrogen-bond acceptors (Lipinski definition) is 4. The van der Waals surface area contributed by atoms with E-state index in [1.165, 1.54) is 13.2 Å². The van der Waals surface area contributed by atoms with Gasteiger partial charge in [0.05, 0.1) is 13.7 Å². The second kappa shape index (κ2) is 9.07. The van der Waals surface area contributed by atoms with Crippen molar-refractivity contribution in [2.45, 2.75) is 19.4 Å². The summed E-state index contributed by atoms with van der Waals surface area (Å²) >= 11 is 0. The maximum atomic E-state index is 13.5. The number of ether oxygens (including phenoxy) is 1. The van der Waals surface area contributed by atoms with E-state index in [9.17, 15) is 14.0 Å². The Balaban J connectivity index is 2.25. The number of likely N-dealkylation sites (N-methyl/N-ethyl adjacent to an activating group) is 1. The number of nitrogens with one attached hydrogen (secondary N) is 1. The maximum absolute atomic E-state index is 13.5. The molecule has 21 heavy (non-hydrogen) atoms. The van der Waals surface area contributed by atoms with E-state index in [2.05, 4.69) is 10.1 Å². The molecule has 1 aromatic carbocycles. The topological polar surface area (TPSA) is 58.6 Å². The highest BCUT2D eigenvalue weighted by molar-refractivity contribution is 5.78. The molecule has 1 rings (SSSR count). The first kappa shape index (κ1) is 17.1. The van der Waals surface area contributed by atoms with Gasteiger partial charge in [0.1, 0.15) is 5.82 Å². The molecule has 0 saturated carbocycles. The average Bonchev–Trinajstić information content (AvgIpc) is 2.45. The third-order valence-corrected chi connectivity index (χ3v) is 2.92. The number of esters is 1. The van der Waals surface area contributed by atoms with Gasteiger partial charge in [-0.2, -0.15) is 0 Å². The highest BCUT2D eigenvalue weighted by atomic mass is 19.1. The summed E-state index contributed by atoms with van der Waals surface area (Å²) in [5, 5.41) is 2.71. The number of halogens is 1. The molecule has 5 nitrogen and oxygen atoms in total. The Bertz CT molecular complexity index is 480. The Kier molecular flexibility index (Phi) is 7.39. The van der Waals surface area contributed by atoms with E-state index in [1.807, 2.05) is 0 Å². The minimum atomic E-state index is -0.291. The lowest BCUT2D eigenvalue weighted by Crippen LogP contribution is -2.35. The molecule has 6 heteroatoms. The van der Waals surface area contributed by atoms with Gasteiger partial charge >= 0.3 is 5.97 Å². The summed E-state index contributed by atoms with van der Waals surface area (Å²) in [6.45, 7) is 0.955. The Morgan fingerprint density at radius 3 is 2.71 bits per heavy atom. The summed E-state index contributed by atoms with van der Waals surface area (Å²) in [4.78, 5) is 24.3. The number of amides is 1. The van der Waals surface area contributed by atoms with E-state index in [0.717, 1.165) is 0 Å².